The predicted octanol–water partition coefficient (Wildman–Crippen LogP) is 2.24. The SMILES string of the molecule is Cc1nc(C(=O)N(C)C(C)C(=O)O)nn1-c1ccccc1C(C)C. The Hall–Kier alpha value is -2.70. The summed E-state index contributed by atoms with van der Waals surface area (Å²) in [6.07, 6.45) is 0. The zero-order chi connectivity index (χ0) is 18.0. The van der Waals surface area contributed by atoms with Crippen LogP contribution in [0.3, 0.4) is 0 Å². The van der Waals surface area contributed by atoms with E-state index in [2.05, 4.69) is 23.9 Å². The van der Waals surface area contributed by atoms with Crippen LogP contribution in [-0.2, 0) is 4.79 Å². The second-order valence-electron chi connectivity index (χ2n) is 6.04. The maximum Gasteiger partial charge on any atom is 0.326 e. The number of hydrogen-bond donors (Lipinski definition) is 1. The molecular formula is C17H22N4O3. The van der Waals surface area contributed by atoms with Crippen LogP contribution in [0.5, 0.6) is 0 Å². The lowest BCUT2D eigenvalue weighted by molar-refractivity contribution is -0.141. The van der Waals surface area contributed by atoms with Gasteiger partial charge in [0.05, 0.1) is 5.69 Å². The summed E-state index contributed by atoms with van der Waals surface area (Å²) in [4.78, 5) is 28.8. The molecule has 0 aliphatic heterocycles. The molecule has 1 unspecified atom stereocenters. The summed E-state index contributed by atoms with van der Waals surface area (Å²) in [6.45, 7) is 7.37. The molecule has 1 heterocycles. The van der Waals surface area contributed by atoms with Gasteiger partial charge in [0.15, 0.2) is 0 Å². The number of carbonyl (C=O) groups excluding carboxylic acids is 1. The third kappa shape index (κ3) is 3.29. The van der Waals surface area contributed by atoms with Crippen LogP contribution < -0.4 is 0 Å². The van der Waals surface area contributed by atoms with Gasteiger partial charge in [0.25, 0.3) is 5.91 Å². The van der Waals surface area contributed by atoms with Crippen molar-refractivity contribution in [3.8, 4) is 5.69 Å². The molecule has 0 fully saturated rings. The molecule has 1 amide bonds. The quantitative estimate of drug-likeness (QED) is 0.908. The van der Waals surface area contributed by atoms with Crippen molar-refractivity contribution in [3.05, 3.63) is 41.5 Å². The Morgan fingerprint density at radius 2 is 1.83 bits per heavy atom. The smallest absolute Gasteiger partial charge is 0.326 e. The third-order valence-electron chi connectivity index (χ3n) is 4.01. The number of carboxylic acid groups (broad SMARTS) is 1. The van der Waals surface area contributed by atoms with E-state index < -0.39 is 17.9 Å². The van der Waals surface area contributed by atoms with E-state index in [-0.39, 0.29) is 5.82 Å². The summed E-state index contributed by atoms with van der Waals surface area (Å²) in [7, 11) is 1.43. The summed E-state index contributed by atoms with van der Waals surface area (Å²) < 4.78 is 1.63. The number of aromatic nitrogens is 3. The van der Waals surface area contributed by atoms with Crippen molar-refractivity contribution in [1.29, 1.82) is 0 Å². The van der Waals surface area contributed by atoms with Gasteiger partial charge in [0, 0.05) is 7.05 Å². The predicted molar refractivity (Wildman–Crippen MR) is 89.4 cm³/mol. The van der Waals surface area contributed by atoms with Gasteiger partial charge >= 0.3 is 5.97 Å². The van der Waals surface area contributed by atoms with Gasteiger partial charge in [-0.15, -0.1) is 5.10 Å². The van der Waals surface area contributed by atoms with Crippen LogP contribution >= 0.6 is 0 Å². The van der Waals surface area contributed by atoms with Crippen LogP contribution in [0.2, 0.25) is 0 Å². The van der Waals surface area contributed by atoms with E-state index in [0.717, 1.165) is 16.2 Å². The standard InChI is InChI=1S/C17H22N4O3/c1-10(2)13-8-6-7-9-14(13)21-12(4)18-15(19-21)16(22)20(5)11(3)17(23)24/h6-11H,1-5H3,(H,23,24). The van der Waals surface area contributed by atoms with Gasteiger partial charge in [-0.05, 0) is 31.4 Å². The first-order valence-electron chi connectivity index (χ1n) is 7.77. The van der Waals surface area contributed by atoms with Crippen LogP contribution in [0, 0.1) is 6.92 Å². The van der Waals surface area contributed by atoms with Crippen LogP contribution in [-0.4, -0.2) is 49.7 Å². The summed E-state index contributed by atoms with van der Waals surface area (Å²) in [5.74, 6) is -0.746. The highest BCUT2D eigenvalue weighted by atomic mass is 16.4. The number of benzene rings is 1. The Labute approximate surface area is 140 Å². The van der Waals surface area contributed by atoms with Gasteiger partial charge in [-0.25, -0.2) is 14.5 Å². The minimum atomic E-state index is -1.08. The average molecular weight is 330 g/mol. The molecule has 2 aromatic rings. The maximum atomic E-state index is 12.4. The van der Waals surface area contributed by atoms with Gasteiger partial charge < -0.3 is 10.0 Å². The van der Waals surface area contributed by atoms with Gasteiger partial charge in [-0.2, -0.15) is 0 Å². The van der Waals surface area contributed by atoms with Crippen LogP contribution in [0.4, 0.5) is 0 Å². The van der Waals surface area contributed by atoms with Crippen molar-refractivity contribution >= 4 is 11.9 Å². The zero-order valence-electron chi connectivity index (χ0n) is 14.5. The first-order chi connectivity index (χ1) is 11.2. The highest BCUT2D eigenvalue weighted by Crippen LogP contribution is 2.23. The fraction of sp³-hybridized carbons (Fsp3) is 0.412. The van der Waals surface area contributed by atoms with E-state index in [0.29, 0.717) is 11.7 Å². The highest BCUT2D eigenvalue weighted by Gasteiger charge is 2.26. The minimum Gasteiger partial charge on any atom is -0.480 e. The van der Waals surface area contributed by atoms with Crippen molar-refractivity contribution in [1.82, 2.24) is 19.7 Å². The van der Waals surface area contributed by atoms with Gasteiger partial charge in [0.2, 0.25) is 5.82 Å². The topological polar surface area (TPSA) is 88.3 Å². The number of para-hydroxylation sites is 1. The molecule has 1 N–H and O–H groups in total. The molecular weight excluding hydrogens is 308 g/mol. The number of carboxylic acids is 1. The van der Waals surface area contributed by atoms with Crippen molar-refractivity contribution in [2.45, 2.75) is 39.7 Å². The Morgan fingerprint density at radius 3 is 2.42 bits per heavy atom. The maximum absolute atomic E-state index is 12.4. The largest absolute Gasteiger partial charge is 0.480 e. The molecule has 1 aromatic heterocycles. The lowest BCUT2D eigenvalue weighted by Gasteiger charge is -2.19. The van der Waals surface area contributed by atoms with Crippen LogP contribution in [0.25, 0.3) is 5.69 Å². The van der Waals surface area contributed by atoms with E-state index in [9.17, 15) is 9.59 Å². The molecule has 0 spiro atoms. The molecule has 0 saturated carbocycles. The molecule has 2 rings (SSSR count). The van der Waals surface area contributed by atoms with Crippen LogP contribution in [0.15, 0.2) is 24.3 Å². The molecule has 7 nitrogen and oxygen atoms in total. The number of aryl methyl sites for hydroxylation is 1. The Bertz CT molecular complexity index is 767. The number of likely N-dealkylation sites (N-methyl/N-ethyl adjacent to an activating group) is 1. The normalized spacial score (nSPS) is 12.2. The van der Waals surface area contributed by atoms with E-state index in [4.69, 9.17) is 5.11 Å². The van der Waals surface area contributed by atoms with E-state index in [1.807, 2.05) is 24.3 Å². The second-order valence-corrected chi connectivity index (χ2v) is 6.04. The molecule has 0 radical (unpaired) electrons. The summed E-state index contributed by atoms with van der Waals surface area (Å²) in [5, 5.41) is 13.4. The summed E-state index contributed by atoms with van der Waals surface area (Å²) in [5.41, 5.74) is 1.96. The lowest BCUT2D eigenvalue weighted by atomic mass is 10.0. The number of hydrogen-bond acceptors (Lipinski definition) is 4. The van der Waals surface area contributed by atoms with E-state index in [1.54, 1.807) is 11.6 Å². The monoisotopic (exact) mass is 330 g/mol. The van der Waals surface area contributed by atoms with Gasteiger partial charge in [0.1, 0.15) is 11.9 Å². The molecule has 128 valence electrons. The lowest BCUT2D eigenvalue weighted by Crippen LogP contribution is -2.40. The number of aliphatic carboxylic acids is 1. The molecule has 7 heteroatoms. The number of carbonyl (C=O) groups is 2. The zero-order valence-corrected chi connectivity index (χ0v) is 14.5. The van der Waals surface area contributed by atoms with Crippen molar-refractivity contribution in [2.24, 2.45) is 0 Å². The van der Waals surface area contributed by atoms with Gasteiger partial charge in [-0.3, -0.25) is 4.79 Å². The number of rotatable bonds is 5. The van der Waals surface area contributed by atoms with E-state index >= 15 is 0 Å². The Kier molecular flexibility index (Phi) is 5.02. The average Bonchev–Trinajstić information content (AvgIpc) is 2.94. The molecule has 0 saturated heterocycles. The fourth-order valence-corrected chi connectivity index (χ4v) is 2.38. The van der Waals surface area contributed by atoms with Gasteiger partial charge in [-0.1, -0.05) is 32.0 Å². The molecule has 24 heavy (non-hydrogen) atoms. The number of amides is 1. The second kappa shape index (κ2) is 6.82. The molecule has 0 aliphatic rings. The van der Waals surface area contributed by atoms with Crippen molar-refractivity contribution < 1.29 is 14.7 Å². The molecule has 0 aliphatic carbocycles. The molecule has 0 bridgehead atoms. The summed E-state index contributed by atoms with van der Waals surface area (Å²) in [6, 6.07) is 6.85. The number of nitrogens with zero attached hydrogens (tertiary/aromatic N) is 4. The van der Waals surface area contributed by atoms with E-state index in [1.165, 1.54) is 14.0 Å². The fourth-order valence-electron chi connectivity index (χ4n) is 2.38. The molecule has 1 aromatic carbocycles. The summed E-state index contributed by atoms with van der Waals surface area (Å²) >= 11 is 0. The Morgan fingerprint density at radius 1 is 1.21 bits per heavy atom. The third-order valence-corrected chi connectivity index (χ3v) is 4.01. The highest BCUT2D eigenvalue weighted by molar-refractivity contribution is 5.93. The first kappa shape index (κ1) is 17.7. The minimum absolute atomic E-state index is 0.0124. The van der Waals surface area contributed by atoms with Crippen molar-refractivity contribution in [3.63, 3.8) is 0 Å². The van der Waals surface area contributed by atoms with Crippen molar-refractivity contribution in [2.75, 3.05) is 7.05 Å². The molecule has 1 atom stereocenters. The first-order valence-corrected chi connectivity index (χ1v) is 7.77. The Balaban J connectivity index is 2.42. The van der Waals surface area contributed by atoms with Crippen LogP contribution in [0.1, 0.15) is 48.7 Å².